The van der Waals surface area contributed by atoms with Crippen molar-refractivity contribution in [3.05, 3.63) is 53.5 Å². The molecule has 4 rings (SSSR count). The number of benzene rings is 1. The van der Waals surface area contributed by atoms with Crippen LogP contribution in [0.25, 0.3) is 11.3 Å². The molecule has 0 atom stereocenters. The van der Waals surface area contributed by atoms with Gasteiger partial charge in [0.1, 0.15) is 0 Å². The second-order valence-corrected chi connectivity index (χ2v) is 6.65. The minimum Gasteiger partial charge on any atom is -0.335 e. The van der Waals surface area contributed by atoms with E-state index < -0.39 is 0 Å². The lowest BCUT2D eigenvalue weighted by atomic mass is 10.00. The minimum atomic E-state index is 0.0485. The Morgan fingerprint density at radius 1 is 1.32 bits per heavy atom. The van der Waals surface area contributed by atoms with Crippen molar-refractivity contribution in [1.82, 2.24) is 14.7 Å². The van der Waals surface area contributed by atoms with Crippen LogP contribution < -0.4 is 5.73 Å². The Morgan fingerprint density at radius 3 is 2.72 bits per heavy atom. The second kappa shape index (κ2) is 6.44. The molecule has 1 aromatic heterocycles. The lowest BCUT2D eigenvalue weighted by Gasteiger charge is -2.26. The third kappa shape index (κ3) is 2.87. The van der Waals surface area contributed by atoms with Crippen molar-refractivity contribution in [2.45, 2.75) is 31.8 Å². The molecule has 2 heterocycles. The van der Waals surface area contributed by atoms with Crippen molar-refractivity contribution in [2.75, 3.05) is 13.1 Å². The van der Waals surface area contributed by atoms with E-state index >= 15 is 0 Å². The van der Waals surface area contributed by atoms with Crippen LogP contribution in [-0.2, 0) is 13.0 Å². The number of carbonyl (C=O) groups excluding carboxylic acids is 1. The summed E-state index contributed by atoms with van der Waals surface area (Å²) in [6.45, 7) is 1.09. The van der Waals surface area contributed by atoms with Crippen LogP contribution in [0.4, 0.5) is 4.39 Å². The first-order valence-electron chi connectivity index (χ1n) is 8.67. The van der Waals surface area contributed by atoms with Gasteiger partial charge in [-0.3, -0.25) is 9.48 Å². The average Bonchev–Trinajstić information content (AvgIpc) is 3.41. The standard InChI is InChI=1S/C19H21FN4O/c20-10-13(11-21)12-24-18(14-4-2-1-3-5-14)17-16(22-24)8-9-23(19(17)25)15-6-7-15/h1-5,10,15H,6-9,11-12,21H2/b13-10+. The Bertz CT molecular complexity index is 823. The Labute approximate surface area is 145 Å². The van der Waals surface area contributed by atoms with E-state index in [2.05, 4.69) is 5.10 Å². The first-order valence-corrected chi connectivity index (χ1v) is 8.67. The topological polar surface area (TPSA) is 64.2 Å². The van der Waals surface area contributed by atoms with E-state index in [9.17, 15) is 9.18 Å². The summed E-state index contributed by atoms with van der Waals surface area (Å²) in [5.41, 5.74) is 9.21. The molecule has 1 amide bonds. The van der Waals surface area contributed by atoms with Gasteiger partial charge in [-0.1, -0.05) is 30.3 Å². The zero-order valence-electron chi connectivity index (χ0n) is 14.0. The van der Waals surface area contributed by atoms with Crippen LogP contribution >= 0.6 is 0 Å². The fourth-order valence-electron chi connectivity index (χ4n) is 3.46. The van der Waals surface area contributed by atoms with Gasteiger partial charge >= 0.3 is 0 Å². The number of aromatic nitrogens is 2. The maximum absolute atomic E-state index is 13.1. The molecule has 2 aromatic rings. The molecule has 1 aromatic carbocycles. The van der Waals surface area contributed by atoms with Gasteiger partial charge < -0.3 is 10.6 Å². The highest BCUT2D eigenvalue weighted by molar-refractivity contribution is 6.02. The van der Waals surface area contributed by atoms with Gasteiger partial charge in [0.25, 0.3) is 5.91 Å². The number of carbonyl (C=O) groups is 1. The van der Waals surface area contributed by atoms with E-state index in [1.165, 1.54) is 0 Å². The third-order valence-corrected chi connectivity index (χ3v) is 4.89. The monoisotopic (exact) mass is 340 g/mol. The molecule has 1 aliphatic carbocycles. The molecule has 1 fully saturated rings. The molecule has 1 aliphatic heterocycles. The molecule has 0 radical (unpaired) electrons. The maximum atomic E-state index is 13.1. The van der Waals surface area contributed by atoms with Crippen molar-refractivity contribution >= 4 is 5.91 Å². The normalized spacial score (nSPS) is 17.8. The van der Waals surface area contributed by atoms with E-state index in [1.54, 1.807) is 4.68 Å². The number of halogens is 1. The Balaban J connectivity index is 1.83. The van der Waals surface area contributed by atoms with Crippen molar-refractivity contribution in [3.63, 3.8) is 0 Å². The van der Waals surface area contributed by atoms with E-state index in [4.69, 9.17) is 5.73 Å². The SMILES string of the molecule is NC/C(=C\F)Cn1nc2c(c1-c1ccccc1)C(=O)N(C1CC1)CC2. The molecule has 130 valence electrons. The van der Waals surface area contributed by atoms with Crippen molar-refractivity contribution < 1.29 is 9.18 Å². The largest absolute Gasteiger partial charge is 0.335 e. The van der Waals surface area contributed by atoms with E-state index in [-0.39, 0.29) is 19.0 Å². The van der Waals surface area contributed by atoms with Gasteiger partial charge in [-0.25, -0.2) is 4.39 Å². The Morgan fingerprint density at radius 2 is 2.08 bits per heavy atom. The summed E-state index contributed by atoms with van der Waals surface area (Å²) < 4.78 is 14.8. The zero-order chi connectivity index (χ0) is 17.4. The molecular formula is C19H21FN4O. The predicted molar refractivity (Wildman–Crippen MR) is 93.7 cm³/mol. The molecule has 0 bridgehead atoms. The van der Waals surface area contributed by atoms with E-state index in [0.717, 1.165) is 36.2 Å². The van der Waals surface area contributed by atoms with Gasteiger partial charge in [0.2, 0.25) is 0 Å². The van der Waals surface area contributed by atoms with Crippen molar-refractivity contribution in [2.24, 2.45) is 5.73 Å². The van der Waals surface area contributed by atoms with Crippen LogP contribution in [0.3, 0.4) is 0 Å². The highest BCUT2D eigenvalue weighted by Crippen LogP contribution is 2.36. The predicted octanol–water partition coefficient (Wildman–Crippen LogP) is 2.52. The quantitative estimate of drug-likeness (QED) is 0.910. The van der Waals surface area contributed by atoms with Crippen LogP contribution in [0.1, 0.15) is 28.9 Å². The smallest absolute Gasteiger partial charge is 0.258 e. The zero-order valence-corrected chi connectivity index (χ0v) is 14.0. The third-order valence-electron chi connectivity index (χ3n) is 4.89. The fraction of sp³-hybridized carbons (Fsp3) is 0.368. The summed E-state index contributed by atoms with van der Waals surface area (Å²) in [6.07, 6.45) is 3.44. The van der Waals surface area contributed by atoms with Gasteiger partial charge in [-0.2, -0.15) is 5.10 Å². The maximum Gasteiger partial charge on any atom is 0.258 e. The Hall–Kier alpha value is -2.47. The number of hydrogen-bond acceptors (Lipinski definition) is 3. The molecule has 0 saturated heterocycles. The van der Waals surface area contributed by atoms with Crippen LogP contribution in [0.15, 0.2) is 42.2 Å². The molecule has 0 spiro atoms. The van der Waals surface area contributed by atoms with Gasteiger partial charge in [-0.05, 0) is 18.4 Å². The van der Waals surface area contributed by atoms with Crippen molar-refractivity contribution in [1.29, 1.82) is 0 Å². The number of fused-ring (bicyclic) bond motifs is 1. The highest BCUT2D eigenvalue weighted by Gasteiger charge is 2.39. The fourth-order valence-corrected chi connectivity index (χ4v) is 3.46. The highest BCUT2D eigenvalue weighted by atomic mass is 19.1. The molecule has 6 heteroatoms. The molecular weight excluding hydrogens is 319 g/mol. The first-order chi connectivity index (χ1) is 12.2. The summed E-state index contributed by atoms with van der Waals surface area (Å²) in [5, 5.41) is 4.63. The second-order valence-electron chi connectivity index (χ2n) is 6.65. The molecule has 25 heavy (non-hydrogen) atoms. The van der Waals surface area contributed by atoms with Crippen molar-refractivity contribution in [3.8, 4) is 11.3 Å². The molecule has 2 aliphatic rings. The van der Waals surface area contributed by atoms with Gasteiger partial charge in [-0.15, -0.1) is 0 Å². The van der Waals surface area contributed by atoms with Gasteiger partial charge in [0, 0.05) is 31.1 Å². The molecule has 0 unspecified atom stereocenters. The number of amides is 1. The number of nitrogens with zero attached hydrogens (tertiary/aromatic N) is 3. The molecule has 5 nitrogen and oxygen atoms in total. The molecule has 1 saturated carbocycles. The average molecular weight is 340 g/mol. The number of nitrogens with two attached hydrogens (primary N) is 1. The summed E-state index contributed by atoms with van der Waals surface area (Å²) in [6, 6.07) is 10.1. The van der Waals surface area contributed by atoms with Crippen LogP contribution in [0, 0.1) is 0 Å². The minimum absolute atomic E-state index is 0.0485. The number of hydrogen-bond donors (Lipinski definition) is 1. The Kier molecular flexibility index (Phi) is 4.13. The van der Waals surface area contributed by atoms with Gasteiger partial charge in [0.15, 0.2) is 0 Å². The lowest BCUT2D eigenvalue weighted by Crippen LogP contribution is -2.39. The van der Waals surface area contributed by atoms with E-state index in [0.29, 0.717) is 30.1 Å². The van der Waals surface area contributed by atoms with Crippen LogP contribution in [-0.4, -0.2) is 39.7 Å². The summed E-state index contributed by atoms with van der Waals surface area (Å²) in [5.74, 6) is 0.0485. The van der Waals surface area contributed by atoms with Crippen LogP contribution in [0.5, 0.6) is 0 Å². The summed E-state index contributed by atoms with van der Waals surface area (Å²) in [4.78, 5) is 15.1. The van der Waals surface area contributed by atoms with E-state index in [1.807, 2.05) is 35.2 Å². The summed E-state index contributed by atoms with van der Waals surface area (Å²) in [7, 11) is 0. The number of rotatable bonds is 5. The molecule has 2 N–H and O–H groups in total. The summed E-state index contributed by atoms with van der Waals surface area (Å²) >= 11 is 0. The first kappa shape index (κ1) is 16.0. The van der Waals surface area contributed by atoms with Gasteiger partial charge in [0.05, 0.1) is 29.8 Å². The van der Waals surface area contributed by atoms with Crippen LogP contribution in [0.2, 0.25) is 0 Å². The lowest BCUT2D eigenvalue weighted by molar-refractivity contribution is 0.0727.